The zero-order chi connectivity index (χ0) is 9.19. The van der Waals surface area contributed by atoms with Crippen LogP contribution in [0.2, 0.25) is 0 Å². The lowest BCUT2D eigenvalue weighted by molar-refractivity contribution is 0.0945. The van der Waals surface area contributed by atoms with Crippen molar-refractivity contribution in [1.82, 2.24) is 4.90 Å². The quantitative estimate of drug-likeness (QED) is 0.641. The molecule has 12 heavy (non-hydrogen) atoms. The summed E-state index contributed by atoms with van der Waals surface area (Å²) >= 11 is 0. The molecule has 0 aromatic heterocycles. The van der Waals surface area contributed by atoms with Crippen LogP contribution in [-0.2, 0) is 4.74 Å². The van der Waals surface area contributed by atoms with Crippen molar-refractivity contribution >= 4 is 0 Å². The Kier molecular flexibility index (Phi) is 3.13. The summed E-state index contributed by atoms with van der Waals surface area (Å²) < 4.78 is 5.63. The zero-order valence-electron chi connectivity index (χ0n) is 8.76. The molecule has 0 saturated carbocycles. The summed E-state index contributed by atoms with van der Waals surface area (Å²) in [5.74, 6) is 0. The van der Waals surface area contributed by atoms with Crippen LogP contribution in [0.15, 0.2) is 0 Å². The Bertz CT molecular complexity index is 147. The monoisotopic (exact) mass is 171 g/mol. The molecule has 1 aliphatic heterocycles. The normalized spacial score (nSPS) is 36.2. The van der Waals surface area contributed by atoms with Gasteiger partial charge in [-0.05, 0) is 33.9 Å². The first-order valence-electron chi connectivity index (χ1n) is 4.84. The molecular formula is C10H21NO. The summed E-state index contributed by atoms with van der Waals surface area (Å²) in [7, 11) is 4.28. The number of nitrogens with zero attached hydrogens (tertiary/aromatic N) is 1. The van der Waals surface area contributed by atoms with E-state index in [4.69, 9.17) is 4.74 Å². The molecule has 2 unspecified atom stereocenters. The second-order valence-electron chi connectivity index (χ2n) is 4.42. The Morgan fingerprint density at radius 1 is 1.50 bits per heavy atom. The Hall–Kier alpha value is -0.0800. The van der Waals surface area contributed by atoms with Gasteiger partial charge in [-0.25, -0.2) is 0 Å². The first-order valence-corrected chi connectivity index (χ1v) is 4.84. The van der Waals surface area contributed by atoms with Crippen molar-refractivity contribution in [3.05, 3.63) is 0 Å². The SMILES string of the molecule is CCC1(CN(C)C)COC(C)C1. The van der Waals surface area contributed by atoms with Crippen LogP contribution < -0.4 is 0 Å². The molecule has 2 nitrogen and oxygen atoms in total. The Morgan fingerprint density at radius 2 is 2.17 bits per heavy atom. The maximum Gasteiger partial charge on any atom is 0.0553 e. The Morgan fingerprint density at radius 3 is 2.50 bits per heavy atom. The van der Waals surface area contributed by atoms with Crippen LogP contribution in [0, 0.1) is 5.41 Å². The van der Waals surface area contributed by atoms with Gasteiger partial charge in [0.25, 0.3) is 0 Å². The van der Waals surface area contributed by atoms with Crippen LogP contribution in [0.3, 0.4) is 0 Å². The van der Waals surface area contributed by atoms with Gasteiger partial charge in [-0.15, -0.1) is 0 Å². The van der Waals surface area contributed by atoms with Crippen molar-refractivity contribution in [3.63, 3.8) is 0 Å². The lowest BCUT2D eigenvalue weighted by Crippen LogP contribution is -2.33. The van der Waals surface area contributed by atoms with Gasteiger partial charge >= 0.3 is 0 Å². The lowest BCUT2D eigenvalue weighted by Gasteiger charge is -2.29. The van der Waals surface area contributed by atoms with E-state index in [0.717, 1.165) is 13.2 Å². The van der Waals surface area contributed by atoms with Crippen LogP contribution in [0.25, 0.3) is 0 Å². The van der Waals surface area contributed by atoms with E-state index in [0.29, 0.717) is 11.5 Å². The van der Waals surface area contributed by atoms with Crippen molar-refractivity contribution in [1.29, 1.82) is 0 Å². The molecule has 1 rings (SSSR count). The number of hydrogen-bond acceptors (Lipinski definition) is 2. The molecule has 2 heteroatoms. The molecule has 0 N–H and O–H groups in total. The third-order valence-corrected chi connectivity index (χ3v) is 2.80. The van der Waals surface area contributed by atoms with E-state index < -0.39 is 0 Å². The van der Waals surface area contributed by atoms with E-state index in [9.17, 15) is 0 Å². The maximum atomic E-state index is 5.63. The largest absolute Gasteiger partial charge is 0.378 e. The molecule has 0 aromatic rings. The van der Waals surface area contributed by atoms with Crippen molar-refractivity contribution in [2.24, 2.45) is 5.41 Å². The van der Waals surface area contributed by atoms with Gasteiger partial charge in [0, 0.05) is 12.0 Å². The van der Waals surface area contributed by atoms with Gasteiger partial charge in [0.2, 0.25) is 0 Å². The molecule has 0 spiro atoms. The van der Waals surface area contributed by atoms with E-state index in [-0.39, 0.29) is 0 Å². The molecular weight excluding hydrogens is 150 g/mol. The summed E-state index contributed by atoms with van der Waals surface area (Å²) in [6.07, 6.45) is 2.92. The zero-order valence-corrected chi connectivity index (χ0v) is 8.76. The van der Waals surface area contributed by atoms with E-state index in [1.165, 1.54) is 12.8 Å². The van der Waals surface area contributed by atoms with Crippen molar-refractivity contribution < 1.29 is 4.74 Å². The fourth-order valence-corrected chi connectivity index (χ4v) is 2.19. The molecule has 0 aliphatic carbocycles. The standard InChI is InChI=1S/C10H21NO/c1-5-10(7-11(3)4)6-9(2)12-8-10/h9H,5-8H2,1-4H3. The summed E-state index contributed by atoms with van der Waals surface area (Å²) in [5.41, 5.74) is 0.433. The van der Waals surface area contributed by atoms with Gasteiger partial charge in [-0.3, -0.25) is 0 Å². The van der Waals surface area contributed by atoms with Crippen molar-refractivity contribution in [2.45, 2.75) is 32.8 Å². The highest BCUT2D eigenvalue weighted by Gasteiger charge is 2.37. The van der Waals surface area contributed by atoms with Gasteiger partial charge in [0.1, 0.15) is 0 Å². The average Bonchev–Trinajstić information content (AvgIpc) is 2.32. The minimum absolute atomic E-state index is 0.433. The van der Waals surface area contributed by atoms with Gasteiger partial charge in [-0.2, -0.15) is 0 Å². The second-order valence-corrected chi connectivity index (χ2v) is 4.42. The molecule has 0 amide bonds. The highest BCUT2D eigenvalue weighted by atomic mass is 16.5. The summed E-state index contributed by atoms with van der Waals surface area (Å²) in [6.45, 7) is 6.55. The van der Waals surface area contributed by atoms with Gasteiger partial charge in [0.05, 0.1) is 12.7 Å². The number of hydrogen-bond donors (Lipinski definition) is 0. The first-order chi connectivity index (χ1) is 5.58. The molecule has 72 valence electrons. The van der Waals surface area contributed by atoms with E-state index in [1.807, 2.05) is 0 Å². The van der Waals surface area contributed by atoms with Crippen LogP contribution >= 0.6 is 0 Å². The smallest absolute Gasteiger partial charge is 0.0553 e. The Labute approximate surface area is 75.9 Å². The fourth-order valence-electron chi connectivity index (χ4n) is 2.19. The molecule has 1 heterocycles. The van der Waals surface area contributed by atoms with Crippen LogP contribution in [0.5, 0.6) is 0 Å². The number of rotatable bonds is 3. The third-order valence-electron chi connectivity index (χ3n) is 2.80. The van der Waals surface area contributed by atoms with Gasteiger partial charge < -0.3 is 9.64 Å². The molecule has 1 fully saturated rings. The first kappa shape index (κ1) is 10.0. The van der Waals surface area contributed by atoms with Crippen molar-refractivity contribution in [2.75, 3.05) is 27.2 Å². The molecule has 0 bridgehead atoms. The summed E-state index contributed by atoms with van der Waals surface area (Å²) in [4.78, 5) is 2.27. The van der Waals surface area contributed by atoms with Gasteiger partial charge in [0.15, 0.2) is 0 Å². The van der Waals surface area contributed by atoms with E-state index in [1.54, 1.807) is 0 Å². The van der Waals surface area contributed by atoms with E-state index in [2.05, 4.69) is 32.8 Å². The summed E-state index contributed by atoms with van der Waals surface area (Å²) in [6, 6.07) is 0. The molecule has 2 atom stereocenters. The predicted molar refractivity (Wildman–Crippen MR) is 51.3 cm³/mol. The molecule has 0 radical (unpaired) electrons. The topological polar surface area (TPSA) is 12.5 Å². The summed E-state index contributed by atoms with van der Waals surface area (Å²) in [5, 5.41) is 0. The molecule has 1 aliphatic rings. The molecule has 0 aromatic carbocycles. The number of ether oxygens (including phenoxy) is 1. The highest BCUT2D eigenvalue weighted by molar-refractivity contribution is 4.87. The minimum atomic E-state index is 0.433. The van der Waals surface area contributed by atoms with E-state index >= 15 is 0 Å². The lowest BCUT2D eigenvalue weighted by atomic mass is 9.82. The van der Waals surface area contributed by atoms with Gasteiger partial charge in [-0.1, -0.05) is 6.92 Å². The molecule has 1 saturated heterocycles. The van der Waals surface area contributed by atoms with Crippen LogP contribution in [-0.4, -0.2) is 38.3 Å². The van der Waals surface area contributed by atoms with Crippen molar-refractivity contribution in [3.8, 4) is 0 Å². The minimum Gasteiger partial charge on any atom is -0.378 e. The van der Waals surface area contributed by atoms with Crippen LogP contribution in [0.1, 0.15) is 26.7 Å². The van der Waals surface area contributed by atoms with Crippen LogP contribution in [0.4, 0.5) is 0 Å². The third kappa shape index (κ3) is 2.20. The predicted octanol–water partition coefficient (Wildman–Crippen LogP) is 1.75. The Balaban J connectivity index is 2.52. The fraction of sp³-hybridized carbons (Fsp3) is 1.00. The highest BCUT2D eigenvalue weighted by Crippen LogP contribution is 2.35. The average molecular weight is 171 g/mol. The second kappa shape index (κ2) is 3.75. The maximum absolute atomic E-state index is 5.63.